The van der Waals surface area contributed by atoms with E-state index in [0.29, 0.717) is 6.61 Å². The van der Waals surface area contributed by atoms with Crippen molar-refractivity contribution in [1.82, 2.24) is 9.97 Å². The number of rotatable bonds is 5. The van der Waals surface area contributed by atoms with Crippen molar-refractivity contribution in [2.45, 2.75) is 24.8 Å². The molecule has 0 amide bonds. The molecule has 0 saturated carbocycles. The van der Waals surface area contributed by atoms with Crippen LogP contribution in [-0.2, 0) is 5.75 Å². The molecule has 0 fully saturated rings. The molecule has 0 radical (unpaired) electrons. The third-order valence-electron chi connectivity index (χ3n) is 3.43. The van der Waals surface area contributed by atoms with Crippen LogP contribution in [0.2, 0.25) is 5.02 Å². The molecule has 0 saturated heterocycles. The number of benzene rings is 2. The Hall–Kier alpha value is -1.78. The Morgan fingerprint density at radius 2 is 1.87 bits per heavy atom. The first kappa shape index (κ1) is 16.1. The number of hydrogen-bond acceptors (Lipinski definition) is 4. The molecule has 0 bridgehead atoms. The molecule has 2 aromatic carbocycles. The third-order valence-corrected chi connectivity index (χ3v) is 4.60. The zero-order valence-electron chi connectivity index (χ0n) is 13.0. The molecule has 1 aromatic heterocycles. The summed E-state index contributed by atoms with van der Waals surface area (Å²) in [6.07, 6.45) is 0. The maximum atomic E-state index is 5.91. The molecular weight excluding hydrogens is 328 g/mol. The van der Waals surface area contributed by atoms with Crippen LogP contribution in [0.25, 0.3) is 10.9 Å². The summed E-state index contributed by atoms with van der Waals surface area (Å²) in [5.41, 5.74) is 3.11. The minimum absolute atomic E-state index is 0.653. The van der Waals surface area contributed by atoms with Gasteiger partial charge in [0.25, 0.3) is 0 Å². The monoisotopic (exact) mass is 344 g/mol. The summed E-state index contributed by atoms with van der Waals surface area (Å²) in [7, 11) is 0. The largest absolute Gasteiger partial charge is 0.494 e. The average molecular weight is 345 g/mol. The third kappa shape index (κ3) is 3.95. The van der Waals surface area contributed by atoms with Crippen molar-refractivity contribution in [2.75, 3.05) is 6.61 Å². The SMILES string of the molecule is CCOc1ccc2nc(SCc3ccc(Cl)cc3)nc(C)c2c1. The lowest BCUT2D eigenvalue weighted by molar-refractivity contribution is 0.340. The van der Waals surface area contributed by atoms with Crippen molar-refractivity contribution in [3.63, 3.8) is 0 Å². The van der Waals surface area contributed by atoms with Gasteiger partial charge in [0.2, 0.25) is 0 Å². The highest BCUT2D eigenvalue weighted by molar-refractivity contribution is 7.98. The lowest BCUT2D eigenvalue weighted by Gasteiger charge is -2.08. The Morgan fingerprint density at radius 3 is 2.61 bits per heavy atom. The van der Waals surface area contributed by atoms with E-state index in [4.69, 9.17) is 16.3 Å². The predicted molar refractivity (Wildman–Crippen MR) is 96.5 cm³/mol. The number of ether oxygens (including phenoxy) is 1. The second-order valence-electron chi connectivity index (χ2n) is 5.12. The van der Waals surface area contributed by atoms with Gasteiger partial charge in [0.1, 0.15) is 5.75 Å². The van der Waals surface area contributed by atoms with E-state index in [-0.39, 0.29) is 0 Å². The van der Waals surface area contributed by atoms with Crippen LogP contribution in [0.15, 0.2) is 47.6 Å². The molecule has 3 rings (SSSR count). The first-order valence-electron chi connectivity index (χ1n) is 7.44. The summed E-state index contributed by atoms with van der Waals surface area (Å²) in [6.45, 7) is 4.64. The zero-order valence-corrected chi connectivity index (χ0v) is 14.6. The number of hydrogen-bond donors (Lipinski definition) is 0. The van der Waals surface area contributed by atoms with E-state index < -0.39 is 0 Å². The summed E-state index contributed by atoms with van der Waals surface area (Å²) in [5.74, 6) is 1.67. The van der Waals surface area contributed by atoms with Crippen LogP contribution >= 0.6 is 23.4 Å². The highest BCUT2D eigenvalue weighted by Gasteiger charge is 2.07. The van der Waals surface area contributed by atoms with Crippen LogP contribution in [0.1, 0.15) is 18.2 Å². The number of thioether (sulfide) groups is 1. The quantitative estimate of drug-likeness (QED) is 0.465. The maximum absolute atomic E-state index is 5.91. The van der Waals surface area contributed by atoms with Crippen molar-refractivity contribution in [3.8, 4) is 5.75 Å². The Bertz CT molecular complexity index is 821. The first-order chi connectivity index (χ1) is 11.2. The zero-order chi connectivity index (χ0) is 16.2. The summed E-state index contributed by atoms with van der Waals surface area (Å²) < 4.78 is 5.54. The van der Waals surface area contributed by atoms with Crippen molar-refractivity contribution in [2.24, 2.45) is 0 Å². The van der Waals surface area contributed by atoms with E-state index in [1.54, 1.807) is 11.8 Å². The molecule has 118 valence electrons. The summed E-state index contributed by atoms with van der Waals surface area (Å²) in [5, 5.41) is 2.57. The van der Waals surface area contributed by atoms with Gasteiger partial charge in [-0.15, -0.1) is 0 Å². The van der Waals surface area contributed by atoms with E-state index in [1.165, 1.54) is 5.56 Å². The fourth-order valence-electron chi connectivity index (χ4n) is 2.28. The fourth-order valence-corrected chi connectivity index (χ4v) is 3.26. The average Bonchev–Trinajstić information content (AvgIpc) is 2.55. The Kier molecular flexibility index (Phi) is 5.03. The molecule has 5 heteroatoms. The summed E-state index contributed by atoms with van der Waals surface area (Å²) in [6, 6.07) is 13.8. The van der Waals surface area contributed by atoms with Crippen LogP contribution in [-0.4, -0.2) is 16.6 Å². The van der Waals surface area contributed by atoms with Crippen molar-refractivity contribution in [1.29, 1.82) is 0 Å². The Morgan fingerprint density at radius 1 is 1.09 bits per heavy atom. The van der Waals surface area contributed by atoms with Crippen LogP contribution in [0.4, 0.5) is 0 Å². The van der Waals surface area contributed by atoms with Crippen LogP contribution < -0.4 is 4.74 Å². The molecule has 3 nitrogen and oxygen atoms in total. The topological polar surface area (TPSA) is 35.0 Å². The molecule has 0 unspecified atom stereocenters. The molecule has 0 atom stereocenters. The van der Waals surface area contributed by atoms with Crippen molar-refractivity contribution < 1.29 is 4.74 Å². The van der Waals surface area contributed by atoms with Gasteiger partial charge in [-0.2, -0.15) is 0 Å². The van der Waals surface area contributed by atoms with Gasteiger partial charge in [-0.05, 0) is 49.7 Å². The van der Waals surface area contributed by atoms with Crippen molar-refractivity contribution >= 4 is 34.3 Å². The molecule has 3 aromatic rings. The van der Waals surface area contributed by atoms with E-state index in [2.05, 4.69) is 9.97 Å². The molecule has 0 aliphatic carbocycles. The highest BCUT2D eigenvalue weighted by Crippen LogP contribution is 2.26. The van der Waals surface area contributed by atoms with Crippen molar-refractivity contribution in [3.05, 3.63) is 58.7 Å². The van der Waals surface area contributed by atoms with Gasteiger partial charge in [-0.1, -0.05) is 35.5 Å². The van der Waals surface area contributed by atoms with Gasteiger partial charge < -0.3 is 4.74 Å². The molecule has 23 heavy (non-hydrogen) atoms. The van der Waals surface area contributed by atoms with Gasteiger partial charge in [-0.25, -0.2) is 9.97 Å². The molecular formula is C18H17ClN2OS. The minimum Gasteiger partial charge on any atom is -0.494 e. The molecule has 0 aliphatic heterocycles. The maximum Gasteiger partial charge on any atom is 0.188 e. The molecule has 0 aliphatic rings. The number of aromatic nitrogens is 2. The van der Waals surface area contributed by atoms with Gasteiger partial charge >= 0.3 is 0 Å². The smallest absolute Gasteiger partial charge is 0.188 e. The van der Waals surface area contributed by atoms with Gasteiger partial charge in [0, 0.05) is 21.9 Å². The number of aryl methyl sites for hydroxylation is 1. The fraction of sp³-hybridized carbons (Fsp3) is 0.222. The minimum atomic E-state index is 0.653. The lowest BCUT2D eigenvalue weighted by Crippen LogP contribution is -1.95. The highest BCUT2D eigenvalue weighted by atomic mass is 35.5. The second kappa shape index (κ2) is 7.20. The van der Waals surface area contributed by atoms with E-state index in [0.717, 1.165) is 38.3 Å². The first-order valence-corrected chi connectivity index (χ1v) is 8.80. The van der Waals surface area contributed by atoms with Gasteiger partial charge in [-0.3, -0.25) is 0 Å². The number of nitrogens with zero attached hydrogens (tertiary/aromatic N) is 2. The van der Waals surface area contributed by atoms with Crippen LogP contribution in [0.3, 0.4) is 0 Å². The lowest BCUT2D eigenvalue weighted by atomic mass is 10.2. The predicted octanol–water partition coefficient (Wildman–Crippen LogP) is 5.28. The van der Waals surface area contributed by atoms with E-state index in [9.17, 15) is 0 Å². The summed E-state index contributed by atoms with van der Waals surface area (Å²) >= 11 is 7.53. The van der Waals surface area contributed by atoms with E-state index >= 15 is 0 Å². The van der Waals surface area contributed by atoms with Crippen LogP contribution in [0, 0.1) is 6.92 Å². The van der Waals surface area contributed by atoms with Gasteiger partial charge in [0.05, 0.1) is 12.1 Å². The molecule has 0 N–H and O–H groups in total. The number of fused-ring (bicyclic) bond motifs is 1. The Labute approximate surface area is 145 Å². The standard InChI is InChI=1S/C18H17ClN2OS/c1-3-22-15-8-9-17-16(10-15)12(2)20-18(21-17)23-11-13-4-6-14(19)7-5-13/h4-10H,3,11H2,1-2H3. The molecule has 1 heterocycles. The number of halogens is 1. The van der Waals surface area contributed by atoms with Gasteiger partial charge in [0.15, 0.2) is 5.16 Å². The normalized spacial score (nSPS) is 10.9. The second-order valence-corrected chi connectivity index (χ2v) is 6.50. The summed E-state index contributed by atoms with van der Waals surface area (Å²) in [4.78, 5) is 9.25. The van der Waals surface area contributed by atoms with E-state index in [1.807, 2.05) is 56.3 Å². The Balaban J connectivity index is 1.81. The van der Waals surface area contributed by atoms with Crippen LogP contribution in [0.5, 0.6) is 5.75 Å². The molecule has 0 spiro atoms.